The van der Waals surface area contributed by atoms with Crippen LogP contribution in [0.1, 0.15) is 0 Å². The van der Waals surface area contributed by atoms with Crippen LogP contribution in [0.4, 0.5) is 0 Å². The third-order valence-electron chi connectivity index (χ3n) is 1.06. The molecule has 0 aromatic carbocycles. The van der Waals surface area contributed by atoms with Crippen molar-refractivity contribution in [1.29, 1.82) is 0 Å². The fourth-order valence-corrected chi connectivity index (χ4v) is 0.531. The van der Waals surface area contributed by atoms with Gasteiger partial charge in [0.05, 0.1) is 6.61 Å². The quantitative estimate of drug-likeness (QED) is 0.298. The molecule has 1 saturated heterocycles. The van der Waals surface area contributed by atoms with Gasteiger partial charge in [0, 0.05) is 0 Å². The van der Waals surface area contributed by atoms with E-state index in [1.54, 1.807) is 0 Å². The van der Waals surface area contributed by atoms with E-state index in [0.29, 0.717) is 6.61 Å². The Balaban J connectivity index is 2.57. The Labute approximate surface area is 56.4 Å². The van der Waals surface area contributed by atoms with Gasteiger partial charge in [0.1, 0.15) is 6.10 Å². The molecule has 0 aromatic rings. The van der Waals surface area contributed by atoms with Gasteiger partial charge in [0.15, 0.2) is 6.17 Å². The summed E-state index contributed by atoms with van der Waals surface area (Å²) < 4.78 is 4.73. The van der Waals surface area contributed by atoms with Crippen LogP contribution in [0.15, 0.2) is 9.98 Å². The molecule has 5 heteroatoms. The number of epoxide rings is 1. The second-order valence-electron chi connectivity index (χ2n) is 1.73. The van der Waals surface area contributed by atoms with Crippen LogP contribution in [0.3, 0.4) is 0 Å². The van der Waals surface area contributed by atoms with Crippen LogP contribution in [-0.2, 0) is 14.3 Å². The van der Waals surface area contributed by atoms with Crippen molar-refractivity contribution in [3.63, 3.8) is 0 Å². The third kappa shape index (κ3) is 1.60. The summed E-state index contributed by atoms with van der Waals surface area (Å²) in [4.78, 5) is 25.8. The fraction of sp³-hybridized carbons (Fsp3) is 0.600. The van der Waals surface area contributed by atoms with E-state index < -0.39 is 6.17 Å². The zero-order valence-electron chi connectivity index (χ0n) is 4.98. The predicted molar refractivity (Wildman–Crippen MR) is 29.8 cm³/mol. The summed E-state index contributed by atoms with van der Waals surface area (Å²) in [6.45, 7) is 0.487. The molecule has 0 aliphatic carbocycles. The summed E-state index contributed by atoms with van der Waals surface area (Å²) in [5, 5.41) is 0. The minimum Gasteiger partial charge on any atom is -0.369 e. The van der Waals surface area contributed by atoms with E-state index in [9.17, 15) is 9.59 Å². The highest BCUT2D eigenvalue weighted by molar-refractivity contribution is 5.37. The number of carbonyl (C=O) groups excluding carboxylic acids is 2. The van der Waals surface area contributed by atoms with Gasteiger partial charge in [-0.1, -0.05) is 0 Å². The zero-order valence-corrected chi connectivity index (χ0v) is 4.98. The van der Waals surface area contributed by atoms with Gasteiger partial charge in [0.25, 0.3) is 0 Å². The van der Waals surface area contributed by atoms with Gasteiger partial charge in [-0.3, -0.25) is 0 Å². The first kappa shape index (κ1) is 6.83. The molecule has 1 fully saturated rings. The maximum atomic E-state index is 9.69. The maximum absolute atomic E-state index is 9.69. The largest absolute Gasteiger partial charge is 0.369 e. The van der Waals surface area contributed by atoms with Gasteiger partial charge in [0.2, 0.25) is 12.2 Å². The summed E-state index contributed by atoms with van der Waals surface area (Å²) >= 11 is 0. The van der Waals surface area contributed by atoms with Crippen LogP contribution >= 0.6 is 0 Å². The van der Waals surface area contributed by atoms with Gasteiger partial charge in [-0.25, -0.2) is 9.59 Å². The number of hydrogen-bond acceptors (Lipinski definition) is 5. The van der Waals surface area contributed by atoms with Crippen molar-refractivity contribution in [3.8, 4) is 0 Å². The fourth-order valence-electron chi connectivity index (χ4n) is 0.531. The minimum atomic E-state index is -0.727. The summed E-state index contributed by atoms with van der Waals surface area (Å²) in [7, 11) is 0. The number of ether oxygens (including phenoxy) is 1. The minimum absolute atomic E-state index is 0.220. The molecule has 1 heterocycles. The van der Waals surface area contributed by atoms with Crippen LogP contribution in [0.25, 0.3) is 0 Å². The average Bonchev–Trinajstić information content (AvgIpc) is 2.69. The number of aliphatic imine (C=N–C) groups is 2. The third-order valence-corrected chi connectivity index (χ3v) is 1.06. The van der Waals surface area contributed by atoms with Gasteiger partial charge in [-0.05, 0) is 0 Å². The van der Waals surface area contributed by atoms with E-state index in [1.165, 1.54) is 12.2 Å². The highest BCUT2D eigenvalue weighted by atomic mass is 16.6. The van der Waals surface area contributed by atoms with Crippen LogP contribution in [0.5, 0.6) is 0 Å². The molecule has 0 bridgehead atoms. The summed E-state index contributed by atoms with van der Waals surface area (Å²) in [5.74, 6) is 0. The molecule has 0 spiro atoms. The lowest BCUT2D eigenvalue weighted by Crippen LogP contribution is -2.08. The Morgan fingerprint density at radius 3 is 2.20 bits per heavy atom. The molecule has 0 amide bonds. The first-order valence-electron chi connectivity index (χ1n) is 2.64. The van der Waals surface area contributed by atoms with Crippen LogP contribution < -0.4 is 0 Å². The molecule has 1 unspecified atom stereocenters. The van der Waals surface area contributed by atoms with Gasteiger partial charge in [-0.2, -0.15) is 9.98 Å². The van der Waals surface area contributed by atoms with Gasteiger partial charge < -0.3 is 4.74 Å². The first-order chi connectivity index (χ1) is 4.88. The molecule has 0 N–H and O–H groups in total. The number of nitrogens with zero attached hydrogens (tertiary/aromatic N) is 2. The first-order valence-corrected chi connectivity index (χ1v) is 2.64. The van der Waals surface area contributed by atoms with E-state index in [0.717, 1.165) is 0 Å². The average molecular weight is 140 g/mol. The molecule has 1 atom stereocenters. The van der Waals surface area contributed by atoms with E-state index >= 15 is 0 Å². The van der Waals surface area contributed by atoms with E-state index in [1.807, 2.05) is 0 Å². The van der Waals surface area contributed by atoms with Crippen LogP contribution in [0.2, 0.25) is 0 Å². The highest BCUT2D eigenvalue weighted by Crippen LogP contribution is 2.16. The summed E-state index contributed by atoms with van der Waals surface area (Å²) in [6.07, 6.45) is 1.65. The molecule has 5 nitrogen and oxygen atoms in total. The smallest absolute Gasteiger partial charge is 0.237 e. The monoisotopic (exact) mass is 140 g/mol. The van der Waals surface area contributed by atoms with E-state index in [4.69, 9.17) is 4.74 Å². The van der Waals surface area contributed by atoms with Crippen LogP contribution in [0, 0.1) is 0 Å². The van der Waals surface area contributed by atoms with Crippen molar-refractivity contribution in [2.45, 2.75) is 12.3 Å². The normalized spacial score (nSPS) is 23.8. The SMILES string of the molecule is O=C=NC(N=C=O)C1CO1. The maximum Gasteiger partial charge on any atom is 0.237 e. The molecule has 52 valence electrons. The second kappa shape index (κ2) is 3.03. The molecule has 0 radical (unpaired) electrons. The molecular weight excluding hydrogens is 136 g/mol. The van der Waals surface area contributed by atoms with Crippen LogP contribution in [-0.4, -0.2) is 31.0 Å². The Hall–Kier alpha value is -1.28. The van der Waals surface area contributed by atoms with Crippen molar-refractivity contribution in [3.05, 3.63) is 0 Å². The number of isocyanates is 2. The Kier molecular flexibility index (Phi) is 2.07. The molecule has 1 rings (SSSR count). The van der Waals surface area contributed by atoms with Gasteiger partial charge >= 0.3 is 0 Å². The standard InChI is InChI=1S/C5H4N2O3/c8-2-6-5(7-3-9)4-1-10-4/h4-5H,1H2. The second-order valence-corrected chi connectivity index (χ2v) is 1.73. The molecule has 0 aromatic heterocycles. The lowest BCUT2D eigenvalue weighted by molar-refractivity contribution is 0.376. The van der Waals surface area contributed by atoms with Crippen molar-refractivity contribution >= 4 is 12.2 Å². The molecular formula is C5H4N2O3. The highest BCUT2D eigenvalue weighted by Gasteiger charge is 2.32. The van der Waals surface area contributed by atoms with E-state index in [-0.39, 0.29) is 6.10 Å². The topological polar surface area (TPSA) is 71.4 Å². The lowest BCUT2D eigenvalue weighted by Gasteiger charge is -1.92. The molecule has 10 heavy (non-hydrogen) atoms. The summed E-state index contributed by atoms with van der Waals surface area (Å²) in [5.41, 5.74) is 0. The lowest BCUT2D eigenvalue weighted by atomic mass is 10.4. The van der Waals surface area contributed by atoms with E-state index in [2.05, 4.69) is 9.98 Å². The molecule has 1 aliphatic rings. The Bertz CT molecular complexity index is 193. The van der Waals surface area contributed by atoms with Crippen molar-refractivity contribution in [2.75, 3.05) is 6.61 Å². The Morgan fingerprint density at radius 1 is 1.40 bits per heavy atom. The van der Waals surface area contributed by atoms with Crippen molar-refractivity contribution < 1.29 is 14.3 Å². The summed E-state index contributed by atoms with van der Waals surface area (Å²) in [6, 6.07) is 0. The predicted octanol–water partition coefficient (Wildman–Crippen LogP) is -0.617. The number of hydrogen-bond donors (Lipinski definition) is 0. The molecule has 0 saturated carbocycles. The van der Waals surface area contributed by atoms with Gasteiger partial charge in [-0.15, -0.1) is 0 Å². The van der Waals surface area contributed by atoms with Crippen molar-refractivity contribution in [1.82, 2.24) is 0 Å². The Morgan fingerprint density at radius 2 is 1.90 bits per heavy atom. The molecule has 1 aliphatic heterocycles. The zero-order chi connectivity index (χ0) is 7.40. The number of rotatable bonds is 3. The van der Waals surface area contributed by atoms with Crippen molar-refractivity contribution in [2.24, 2.45) is 9.98 Å².